The molecule has 1 amide bonds. The minimum atomic E-state index is -0.664. The minimum absolute atomic E-state index is 0.492. The third-order valence-electron chi connectivity index (χ3n) is 5.55. The Balaban J connectivity index is 1.70. The van der Waals surface area contributed by atoms with Gasteiger partial charge in [-0.15, -0.1) is 5.10 Å². The Bertz CT molecular complexity index is 973. The number of para-hydroxylation sites is 2. The Morgan fingerprint density at radius 1 is 1.00 bits per heavy atom. The Labute approximate surface area is 170 Å². The number of aromatic nitrogens is 4. The summed E-state index contributed by atoms with van der Waals surface area (Å²) in [6.07, 6.45) is 4.15. The maximum Gasteiger partial charge on any atom is 0.413 e. The SMILES string of the molecule is Cc1cccc(C)c1-n1nnnc1C1(NC(=O)Oc2ccccc2)CCCCC1. The molecule has 1 aliphatic carbocycles. The maximum atomic E-state index is 12.8. The molecule has 0 spiro atoms. The van der Waals surface area contributed by atoms with Gasteiger partial charge in [0.15, 0.2) is 5.82 Å². The fourth-order valence-electron chi connectivity index (χ4n) is 4.15. The normalized spacial score (nSPS) is 15.7. The lowest BCUT2D eigenvalue weighted by molar-refractivity contribution is 0.162. The summed E-state index contributed by atoms with van der Waals surface area (Å²) < 4.78 is 7.28. The van der Waals surface area contributed by atoms with E-state index in [0.717, 1.165) is 48.9 Å². The summed E-state index contributed by atoms with van der Waals surface area (Å²) in [4.78, 5) is 12.8. The van der Waals surface area contributed by atoms with Crippen molar-refractivity contribution in [1.29, 1.82) is 0 Å². The molecular weight excluding hydrogens is 366 g/mol. The molecule has 1 heterocycles. The first kappa shape index (κ1) is 19.1. The van der Waals surface area contributed by atoms with Crippen molar-refractivity contribution in [3.05, 3.63) is 65.5 Å². The van der Waals surface area contributed by atoms with Gasteiger partial charge in [-0.2, -0.15) is 4.68 Å². The number of rotatable bonds is 4. The summed E-state index contributed by atoms with van der Waals surface area (Å²) in [5, 5.41) is 15.7. The minimum Gasteiger partial charge on any atom is -0.410 e. The monoisotopic (exact) mass is 391 g/mol. The molecule has 150 valence electrons. The van der Waals surface area contributed by atoms with Gasteiger partial charge in [-0.1, -0.05) is 55.7 Å². The summed E-state index contributed by atoms with van der Waals surface area (Å²) >= 11 is 0. The number of ether oxygens (including phenoxy) is 1. The van der Waals surface area contributed by atoms with Crippen LogP contribution < -0.4 is 10.1 Å². The largest absolute Gasteiger partial charge is 0.413 e. The molecule has 1 aromatic heterocycles. The number of aryl methyl sites for hydroxylation is 2. The van der Waals surface area contributed by atoms with Gasteiger partial charge in [0.1, 0.15) is 11.3 Å². The van der Waals surface area contributed by atoms with Crippen molar-refractivity contribution < 1.29 is 9.53 Å². The average molecular weight is 391 g/mol. The van der Waals surface area contributed by atoms with Crippen molar-refractivity contribution in [2.24, 2.45) is 0 Å². The van der Waals surface area contributed by atoms with E-state index in [1.54, 1.807) is 16.8 Å². The van der Waals surface area contributed by atoms with Crippen LogP contribution in [0.2, 0.25) is 0 Å². The molecule has 1 aliphatic rings. The number of carbonyl (C=O) groups is 1. The first-order valence-electron chi connectivity index (χ1n) is 10.00. The summed E-state index contributed by atoms with van der Waals surface area (Å²) in [5.41, 5.74) is 2.45. The van der Waals surface area contributed by atoms with Crippen LogP contribution in [0.4, 0.5) is 4.79 Å². The first-order valence-corrected chi connectivity index (χ1v) is 10.00. The zero-order valence-corrected chi connectivity index (χ0v) is 16.8. The van der Waals surface area contributed by atoms with Gasteiger partial charge in [0.25, 0.3) is 0 Å². The quantitative estimate of drug-likeness (QED) is 0.720. The zero-order valence-electron chi connectivity index (χ0n) is 16.8. The van der Waals surface area contributed by atoms with Crippen LogP contribution in [-0.2, 0) is 5.54 Å². The van der Waals surface area contributed by atoms with Gasteiger partial charge in [-0.3, -0.25) is 0 Å². The standard InChI is InChI=1S/C22H25N5O2/c1-16-10-9-11-17(2)19(16)27-20(24-25-26-27)22(14-7-4-8-15-22)23-21(28)29-18-12-5-3-6-13-18/h3,5-6,9-13H,4,7-8,14-15H2,1-2H3,(H,23,28). The smallest absolute Gasteiger partial charge is 0.410 e. The number of carbonyl (C=O) groups excluding carboxylic acids is 1. The van der Waals surface area contributed by atoms with Gasteiger partial charge in [0, 0.05) is 0 Å². The summed E-state index contributed by atoms with van der Waals surface area (Å²) in [6, 6.07) is 15.2. The molecule has 0 saturated heterocycles. The van der Waals surface area contributed by atoms with Crippen LogP contribution in [0.25, 0.3) is 5.69 Å². The Hall–Kier alpha value is -3.22. The van der Waals surface area contributed by atoms with E-state index in [2.05, 4.69) is 20.8 Å². The van der Waals surface area contributed by atoms with Gasteiger partial charge in [0.05, 0.1) is 5.69 Å². The van der Waals surface area contributed by atoms with Gasteiger partial charge >= 0.3 is 6.09 Å². The highest BCUT2D eigenvalue weighted by Gasteiger charge is 2.41. The molecule has 1 fully saturated rings. The van der Waals surface area contributed by atoms with Crippen LogP contribution in [-0.4, -0.2) is 26.3 Å². The molecule has 0 atom stereocenters. The number of hydrogen-bond donors (Lipinski definition) is 1. The third-order valence-corrected chi connectivity index (χ3v) is 5.55. The van der Waals surface area contributed by atoms with Crippen molar-refractivity contribution >= 4 is 6.09 Å². The molecule has 4 rings (SSSR count). The van der Waals surface area contributed by atoms with E-state index in [1.165, 1.54) is 0 Å². The van der Waals surface area contributed by atoms with Gasteiger partial charge < -0.3 is 10.1 Å². The van der Waals surface area contributed by atoms with E-state index < -0.39 is 11.6 Å². The van der Waals surface area contributed by atoms with Crippen molar-refractivity contribution in [3.8, 4) is 11.4 Å². The summed E-state index contributed by atoms with van der Waals surface area (Å²) in [7, 11) is 0. The first-order chi connectivity index (χ1) is 14.1. The zero-order chi connectivity index (χ0) is 20.3. The Morgan fingerprint density at radius 3 is 2.38 bits per heavy atom. The Morgan fingerprint density at radius 2 is 1.69 bits per heavy atom. The fourth-order valence-corrected chi connectivity index (χ4v) is 4.15. The van der Waals surface area contributed by atoms with Crippen LogP contribution in [0.15, 0.2) is 48.5 Å². The van der Waals surface area contributed by atoms with E-state index in [-0.39, 0.29) is 0 Å². The fraction of sp³-hybridized carbons (Fsp3) is 0.364. The number of amides is 1. The second-order valence-electron chi connectivity index (χ2n) is 7.63. The highest BCUT2D eigenvalue weighted by atomic mass is 16.6. The van der Waals surface area contributed by atoms with Crippen molar-refractivity contribution in [2.45, 2.75) is 51.5 Å². The molecule has 0 unspecified atom stereocenters. The van der Waals surface area contributed by atoms with Gasteiger partial charge in [-0.25, -0.2) is 4.79 Å². The maximum absolute atomic E-state index is 12.8. The van der Waals surface area contributed by atoms with Crippen LogP contribution in [0, 0.1) is 13.8 Å². The Kier molecular flexibility index (Phi) is 5.29. The molecule has 29 heavy (non-hydrogen) atoms. The molecule has 2 aromatic carbocycles. The molecule has 0 bridgehead atoms. The van der Waals surface area contributed by atoms with Crippen LogP contribution in [0.5, 0.6) is 5.75 Å². The van der Waals surface area contributed by atoms with E-state index in [0.29, 0.717) is 11.6 Å². The molecular formula is C22H25N5O2. The highest BCUT2D eigenvalue weighted by Crippen LogP contribution is 2.37. The molecule has 1 N–H and O–H groups in total. The van der Waals surface area contributed by atoms with Crippen molar-refractivity contribution in [2.75, 3.05) is 0 Å². The average Bonchev–Trinajstić information content (AvgIpc) is 3.19. The van der Waals surface area contributed by atoms with Crippen molar-refractivity contribution in [3.63, 3.8) is 0 Å². The van der Waals surface area contributed by atoms with Crippen LogP contribution in [0.3, 0.4) is 0 Å². The number of nitrogens with zero attached hydrogens (tertiary/aromatic N) is 4. The van der Waals surface area contributed by atoms with E-state index in [4.69, 9.17) is 4.74 Å². The number of benzene rings is 2. The predicted octanol–water partition coefficient (Wildman–Crippen LogP) is 4.23. The van der Waals surface area contributed by atoms with Gasteiger partial charge in [0.2, 0.25) is 0 Å². The molecule has 7 nitrogen and oxygen atoms in total. The van der Waals surface area contributed by atoms with E-state index in [9.17, 15) is 4.79 Å². The van der Waals surface area contributed by atoms with Crippen molar-refractivity contribution in [1.82, 2.24) is 25.5 Å². The lowest BCUT2D eigenvalue weighted by Crippen LogP contribution is -2.50. The lowest BCUT2D eigenvalue weighted by Gasteiger charge is -2.36. The molecule has 0 radical (unpaired) electrons. The number of nitrogens with one attached hydrogen (secondary N) is 1. The molecule has 0 aliphatic heterocycles. The predicted molar refractivity (Wildman–Crippen MR) is 109 cm³/mol. The summed E-state index contributed by atoms with van der Waals surface area (Å²) in [5.74, 6) is 1.16. The number of hydrogen-bond acceptors (Lipinski definition) is 5. The van der Waals surface area contributed by atoms with E-state index in [1.807, 2.05) is 50.2 Å². The van der Waals surface area contributed by atoms with Gasteiger partial charge in [-0.05, 0) is 60.4 Å². The van der Waals surface area contributed by atoms with E-state index >= 15 is 0 Å². The topological polar surface area (TPSA) is 81.9 Å². The van der Waals surface area contributed by atoms with Crippen LogP contribution in [0.1, 0.15) is 49.1 Å². The molecule has 1 saturated carbocycles. The second kappa shape index (κ2) is 8.03. The number of tetrazole rings is 1. The highest BCUT2D eigenvalue weighted by molar-refractivity contribution is 5.71. The van der Waals surface area contributed by atoms with Crippen LogP contribution >= 0.6 is 0 Å². The second-order valence-corrected chi connectivity index (χ2v) is 7.63. The third kappa shape index (κ3) is 3.85. The summed E-state index contributed by atoms with van der Waals surface area (Å²) in [6.45, 7) is 4.08. The molecule has 7 heteroatoms. The lowest BCUT2D eigenvalue weighted by atomic mass is 9.81. The molecule has 3 aromatic rings.